The molecule has 2 amide bonds. The summed E-state index contributed by atoms with van der Waals surface area (Å²) in [5.41, 5.74) is 2.17. The summed E-state index contributed by atoms with van der Waals surface area (Å²) in [7, 11) is 0. The lowest BCUT2D eigenvalue weighted by Crippen LogP contribution is -2.24. The molecule has 2 aromatic carbocycles. The maximum Gasteiger partial charge on any atom is 0.256 e. The molecule has 0 bridgehead atoms. The minimum Gasteiger partial charge on any atom is -0.356 e. The molecule has 0 spiro atoms. The van der Waals surface area contributed by atoms with Crippen molar-refractivity contribution in [2.45, 2.75) is 11.3 Å². The van der Waals surface area contributed by atoms with Crippen LogP contribution in [0.15, 0.2) is 63.4 Å². The van der Waals surface area contributed by atoms with Gasteiger partial charge in [-0.1, -0.05) is 75.4 Å². The van der Waals surface area contributed by atoms with Crippen LogP contribution in [0.25, 0.3) is 11.3 Å². The SMILES string of the molecule is CCNC(=O)CSc1nc(-c2ccccc2)c(NC(=O)c2cccc(Br)c2)s1. The number of benzene rings is 2. The van der Waals surface area contributed by atoms with E-state index in [0.29, 0.717) is 22.8 Å². The van der Waals surface area contributed by atoms with Crippen molar-refractivity contribution in [1.29, 1.82) is 0 Å². The zero-order chi connectivity index (χ0) is 19.9. The Morgan fingerprint density at radius 3 is 2.64 bits per heavy atom. The predicted octanol–water partition coefficient (Wildman–Crippen LogP) is 5.05. The van der Waals surface area contributed by atoms with Crippen LogP contribution in [0.4, 0.5) is 5.00 Å². The highest BCUT2D eigenvalue weighted by atomic mass is 79.9. The van der Waals surface area contributed by atoms with E-state index in [1.807, 2.05) is 49.4 Å². The number of amides is 2. The van der Waals surface area contributed by atoms with Crippen LogP contribution in [0.3, 0.4) is 0 Å². The van der Waals surface area contributed by atoms with Gasteiger partial charge in [-0.25, -0.2) is 4.98 Å². The van der Waals surface area contributed by atoms with Crippen molar-refractivity contribution in [3.05, 3.63) is 64.6 Å². The maximum absolute atomic E-state index is 12.7. The van der Waals surface area contributed by atoms with Crippen LogP contribution in [-0.2, 0) is 4.79 Å². The molecule has 3 aromatic rings. The number of carbonyl (C=O) groups is 2. The topological polar surface area (TPSA) is 71.1 Å². The summed E-state index contributed by atoms with van der Waals surface area (Å²) in [6.07, 6.45) is 0. The third-order valence-corrected chi connectivity index (χ3v) is 6.28. The first kappa shape index (κ1) is 20.6. The number of anilines is 1. The Bertz CT molecular complexity index is 977. The van der Waals surface area contributed by atoms with Crippen molar-refractivity contribution >= 4 is 55.8 Å². The maximum atomic E-state index is 12.7. The lowest BCUT2D eigenvalue weighted by Gasteiger charge is -2.05. The van der Waals surface area contributed by atoms with Crippen molar-refractivity contribution in [3.8, 4) is 11.3 Å². The Hall–Kier alpha value is -2.16. The molecule has 3 rings (SSSR count). The molecule has 0 aliphatic carbocycles. The molecular weight excluding hydrogens is 458 g/mol. The molecule has 2 N–H and O–H groups in total. The van der Waals surface area contributed by atoms with Gasteiger partial charge < -0.3 is 10.6 Å². The molecule has 0 aliphatic rings. The van der Waals surface area contributed by atoms with E-state index in [2.05, 4.69) is 31.5 Å². The van der Waals surface area contributed by atoms with Gasteiger partial charge >= 0.3 is 0 Å². The fourth-order valence-electron chi connectivity index (χ4n) is 2.42. The monoisotopic (exact) mass is 475 g/mol. The first-order valence-electron chi connectivity index (χ1n) is 8.59. The molecule has 0 fully saturated rings. The molecular formula is C20H18BrN3O2S2. The number of nitrogens with zero attached hydrogens (tertiary/aromatic N) is 1. The normalized spacial score (nSPS) is 10.5. The number of rotatable bonds is 7. The number of thiazole rings is 1. The minimum atomic E-state index is -0.206. The van der Waals surface area contributed by atoms with Crippen molar-refractivity contribution in [3.63, 3.8) is 0 Å². The molecule has 1 heterocycles. The third kappa shape index (κ3) is 5.43. The summed E-state index contributed by atoms with van der Waals surface area (Å²) in [4.78, 5) is 29.1. The molecule has 0 radical (unpaired) electrons. The smallest absolute Gasteiger partial charge is 0.256 e. The second-order valence-electron chi connectivity index (χ2n) is 5.73. The van der Waals surface area contributed by atoms with Crippen LogP contribution in [-0.4, -0.2) is 29.1 Å². The first-order valence-corrected chi connectivity index (χ1v) is 11.2. The van der Waals surface area contributed by atoms with Crippen molar-refractivity contribution in [1.82, 2.24) is 10.3 Å². The number of carbonyl (C=O) groups excluding carboxylic acids is 2. The quantitative estimate of drug-likeness (QED) is 0.468. The van der Waals surface area contributed by atoms with Gasteiger partial charge in [-0.2, -0.15) is 0 Å². The Balaban J connectivity index is 1.85. The van der Waals surface area contributed by atoms with Gasteiger partial charge in [0, 0.05) is 22.1 Å². The van der Waals surface area contributed by atoms with Crippen LogP contribution < -0.4 is 10.6 Å². The first-order chi connectivity index (χ1) is 13.6. The Morgan fingerprint density at radius 2 is 1.93 bits per heavy atom. The van der Waals surface area contributed by atoms with Crippen molar-refractivity contribution in [2.75, 3.05) is 17.6 Å². The molecule has 0 aliphatic heterocycles. The van der Waals surface area contributed by atoms with Crippen LogP contribution in [0.1, 0.15) is 17.3 Å². The van der Waals surface area contributed by atoms with E-state index in [9.17, 15) is 9.59 Å². The number of hydrogen-bond acceptors (Lipinski definition) is 5. The van der Waals surface area contributed by atoms with E-state index in [1.165, 1.54) is 23.1 Å². The van der Waals surface area contributed by atoms with Crippen molar-refractivity contribution < 1.29 is 9.59 Å². The number of thioether (sulfide) groups is 1. The van der Waals surface area contributed by atoms with Crippen LogP contribution >= 0.6 is 39.0 Å². The summed E-state index contributed by atoms with van der Waals surface area (Å²) >= 11 is 6.12. The summed E-state index contributed by atoms with van der Waals surface area (Å²) in [5, 5.41) is 6.40. The van der Waals surface area contributed by atoms with E-state index < -0.39 is 0 Å². The highest BCUT2D eigenvalue weighted by Gasteiger charge is 2.17. The molecule has 28 heavy (non-hydrogen) atoms. The van der Waals surface area contributed by atoms with E-state index in [4.69, 9.17) is 0 Å². The van der Waals surface area contributed by atoms with Gasteiger partial charge in [-0.05, 0) is 25.1 Å². The number of aromatic nitrogens is 1. The van der Waals surface area contributed by atoms with Crippen LogP contribution in [0.2, 0.25) is 0 Å². The van der Waals surface area contributed by atoms with Crippen LogP contribution in [0, 0.1) is 0 Å². The third-order valence-electron chi connectivity index (χ3n) is 3.67. The fourth-order valence-corrected chi connectivity index (χ4v) is 4.71. The fraction of sp³-hybridized carbons (Fsp3) is 0.150. The summed E-state index contributed by atoms with van der Waals surface area (Å²) in [5.74, 6) is 0.0419. The highest BCUT2D eigenvalue weighted by Crippen LogP contribution is 2.37. The zero-order valence-corrected chi connectivity index (χ0v) is 18.3. The van der Waals surface area contributed by atoms with Gasteiger partial charge in [0.1, 0.15) is 10.7 Å². The Kier molecular flexibility index (Phi) is 7.24. The van der Waals surface area contributed by atoms with Crippen molar-refractivity contribution in [2.24, 2.45) is 0 Å². The minimum absolute atomic E-state index is 0.0383. The molecule has 8 heteroatoms. The average molecular weight is 476 g/mol. The molecule has 0 unspecified atom stereocenters. The van der Waals surface area contributed by atoms with E-state index in [1.54, 1.807) is 12.1 Å². The van der Waals surface area contributed by atoms with E-state index >= 15 is 0 Å². The number of nitrogens with one attached hydrogen (secondary N) is 2. The van der Waals surface area contributed by atoms with Gasteiger partial charge in [0.2, 0.25) is 5.91 Å². The summed E-state index contributed by atoms with van der Waals surface area (Å²) in [6.45, 7) is 2.48. The number of halogens is 1. The van der Waals surface area contributed by atoms with Gasteiger partial charge in [0.15, 0.2) is 4.34 Å². The van der Waals surface area contributed by atoms with Gasteiger partial charge in [-0.15, -0.1) is 0 Å². The lowest BCUT2D eigenvalue weighted by molar-refractivity contribution is -0.118. The summed E-state index contributed by atoms with van der Waals surface area (Å²) in [6, 6.07) is 16.9. The zero-order valence-electron chi connectivity index (χ0n) is 15.1. The average Bonchev–Trinajstić information content (AvgIpc) is 3.10. The van der Waals surface area contributed by atoms with E-state index in [-0.39, 0.29) is 17.6 Å². The predicted molar refractivity (Wildman–Crippen MR) is 119 cm³/mol. The van der Waals surface area contributed by atoms with Crippen LogP contribution in [0.5, 0.6) is 0 Å². The Morgan fingerprint density at radius 1 is 1.14 bits per heavy atom. The highest BCUT2D eigenvalue weighted by molar-refractivity contribution is 9.10. The Labute approximate surface area is 180 Å². The molecule has 144 valence electrons. The lowest BCUT2D eigenvalue weighted by atomic mass is 10.1. The van der Waals surface area contributed by atoms with Gasteiger partial charge in [0.05, 0.1) is 5.75 Å². The standard InChI is InChI=1S/C20H18BrN3O2S2/c1-2-22-16(25)12-27-20-23-17(13-7-4-3-5-8-13)19(28-20)24-18(26)14-9-6-10-15(21)11-14/h3-11H,2,12H2,1H3,(H,22,25)(H,24,26). The molecule has 0 atom stereocenters. The number of hydrogen-bond donors (Lipinski definition) is 2. The van der Waals surface area contributed by atoms with Gasteiger partial charge in [0.25, 0.3) is 5.91 Å². The molecule has 1 aromatic heterocycles. The molecule has 5 nitrogen and oxygen atoms in total. The second kappa shape index (κ2) is 9.86. The molecule has 0 saturated heterocycles. The van der Waals surface area contributed by atoms with Gasteiger partial charge in [-0.3, -0.25) is 9.59 Å². The largest absolute Gasteiger partial charge is 0.356 e. The molecule has 0 saturated carbocycles. The second-order valence-corrected chi connectivity index (χ2v) is 8.87. The van der Waals surface area contributed by atoms with E-state index in [0.717, 1.165) is 14.4 Å². The summed E-state index contributed by atoms with van der Waals surface area (Å²) < 4.78 is 1.57.